The molecular weight excluding hydrogens is 311 g/mol. The second-order valence-electron chi connectivity index (χ2n) is 5.58. The number of Topliss-reactive ketones (excluding diaryl/α,β-unsaturated/α-hetero) is 1. The van der Waals surface area contributed by atoms with Crippen LogP contribution in [-0.2, 0) is 6.61 Å². The van der Waals surface area contributed by atoms with E-state index < -0.39 is 11.4 Å². The monoisotopic (exact) mass is 326 g/mol. The van der Waals surface area contributed by atoms with E-state index in [2.05, 4.69) is 0 Å². The van der Waals surface area contributed by atoms with Crippen LogP contribution in [0.1, 0.15) is 28.4 Å². The quantitative estimate of drug-likeness (QED) is 0.537. The molecule has 0 fully saturated rings. The lowest BCUT2D eigenvalue weighted by atomic mass is 10.1. The minimum absolute atomic E-state index is 0.0665. The summed E-state index contributed by atoms with van der Waals surface area (Å²) in [4.78, 5) is 23.3. The predicted molar refractivity (Wildman–Crippen MR) is 88.0 cm³/mol. The molecule has 2 aromatic carbocycles. The zero-order chi connectivity index (χ0) is 17.3. The van der Waals surface area contributed by atoms with Crippen molar-refractivity contribution >= 4 is 16.8 Å². The molecule has 24 heavy (non-hydrogen) atoms. The molecule has 0 aliphatic rings. The van der Waals surface area contributed by atoms with Gasteiger partial charge in [-0.2, -0.15) is 0 Å². The fourth-order valence-corrected chi connectivity index (χ4v) is 2.52. The van der Waals surface area contributed by atoms with Crippen molar-refractivity contribution in [2.45, 2.75) is 20.5 Å². The molecule has 0 atom stereocenters. The van der Waals surface area contributed by atoms with Gasteiger partial charge >= 0.3 is 5.63 Å². The zero-order valence-corrected chi connectivity index (χ0v) is 13.3. The second kappa shape index (κ2) is 6.28. The van der Waals surface area contributed by atoms with E-state index in [-0.39, 0.29) is 23.7 Å². The maximum absolute atomic E-state index is 13.3. The lowest BCUT2D eigenvalue weighted by Crippen LogP contribution is -2.06. The maximum atomic E-state index is 13.3. The molecule has 3 aromatic rings. The van der Waals surface area contributed by atoms with Crippen molar-refractivity contribution in [3.8, 4) is 5.75 Å². The van der Waals surface area contributed by atoms with Gasteiger partial charge in [0, 0.05) is 17.0 Å². The molecule has 1 aromatic heterocycles. The van der Waals surface area contributed by atoms with E-state index in [1.807, 2.05) is 19.1 Å². The van der Waals surface area contributed by atoms with Gasteiger partial charge in [-0.15, -0.1) is 0 Å². The van der Waals surface area contributed by atoms with Crippen LogP contribution < -0.4 is 10.4 Å². The third-order valence-electron chi connectivity index (χ3n) is 3.69. The molecule has 5 heteroatoms. The Morgan fingerprint density at radius 3 is 2.71 bits per heavy atom. The first-order valence-corrected chi connectivity index (χ1v) is 7.41. The van der Waals surface area contributed by atoms with Gasteiger partial charge < -0.3 is 9.15 Å². The van der Waals surface area contributed by atoms with Crippen LogP contribution in [0.3, 0.4) is 0 Å². The van der Waals surface area contributed by atoms with Crippen molar-refractivity contribution < 1.29 is 18.3 Å². The van der Waals surface area contributed by atoms with Crippen molar-refractivity contribution in [1.29, 1.82) is 0 Å². The number of hydrogen-bond donors (Lipinski definition) is 0. The summed E-state index contributed by atoms with van der Waals surface area (Å²) < 4.78 is 24.2. The van der Waals surface area contributed by atoms with Crippen LogP contribution in [0.15, 0.2) is 51.7 Å². The van der Waals surface area contributed by atoms with Gasteiger partial charge in [0.05, 0.1) is 5.56 Å². The van der Waals surface area contributed by atoms with Crippen molar-refractivity contribution in [3.63, 3.8) is 0 Å². The van der Waals surface area contributed by atoms with E-state index in [4.69, 9.17) is 9.15 Å². The molecule has 0 aliphatic heterocycles. The van der Waals surface area contributed by atoms with Crippen molar-refractivity contribution in [1.82, 2.24) is 0 Å². The molecular formula is C19H15FO4. The van der Waals surface area contributed by atoms with Crippen LogP contribution in [0.25, 0.3) is 11.0 Å². The molecule has 0 amide bonds. The fourth-order valence-electron chi connectivity index (χ4n) is 2.52. The number of benzene rings is 2. The van der Waals surface area contributed by atoms with Gasteiger partial charge in [-0.1, -0.05) is 12.1 Å². The first kappa shape index (κ1) is 15.9. The summed E-state index contributed by atoms with van der Waals surface area (Å²) in [5.41, 5.74) is 1.78. The number of ether oxygens (including phenoxy) is 1. The Morgan fingerprint density at radius 1 is 1.17 bits per heavy atom. The number of ketones is 1. The smallest absolute Gasteiger partial charge is 0.336 e. The number of carbonyl (C=O) groups excluding carboxylic acids is 1. The van der Waals surface area contributed by atoms with Crippen LogP contribution in [0.2, 0.25) is 0 Å². The van der Waals surface area contributed by atoms with Gasteiger partial charge in [0.25, 0.3) is 0 Å². The first-order chi connectivity index (χ1) is 11.4. The molecule has 0 aliphatic carbocycles. The number of halogens is 1. The minimum Gasteiger partial charge on any atom is -0.488 e. The number of rotatable bonds is 4. The van der Waals surface area contributed by atoms with Crippen molar-refractivity contribution in [2.24, 2.45) is 0 Å². The van der Waals surface area contributed by atoms with Gasteiger partial charge in [0.15, 0.2) is 5.78 Å². The Balaban J connectivity index is 1.97. The summed E-state index contributed by atoms with van der Waals surface area (Å²) in [6, 6.07) is 10.7. The Kier molecular flexibility index (Phi) is 4.16. The summed E-state index contributed by atoms with van der Waals surface area (Å²) in [7, 11) is 0. The Labute approximate surface area is 137 Å². The van der Waals surface area contributed by atoms with E-state index in [1.54, 1.807) is 6.07 Å². The SMILES string of the molecule is CC(=O)c1cc(F)ccc1OCc1cc(=O)oc2cc(C)ccc12. The highest BCUT2D eigenvalue weighted by Crippen LogP contribution is 2.24. The van der Waals surface area contributed by atoms with E-state index in [0.717, 1.165) is 17.0 Å². The molecule has 4 nitrogen and oxygen atoms in total. The van der Waals surface area contributed by atoms with Gasteiger partial charge in [0.1, 0.15) is 23.8 Å². The normalized spacial score (nSPS) is 10.8. The average Bonchev–Trinajstić information content (AvgIpc) is 2.52. The zero-order valence-electron chi connectivity index (χ0n) is 13.3. The van der Waals surface area contributed by atoms with Crippen molar-refractivity contribution in [3.05, 3.63) is 75.4 Å². The molecule has 0 saturated heterocycles. The second-order valence-corrected chi connectivity index (χ2v) is 5.58. The fraction of sp³-hybridized carbons (Fsp3) is 0.158. The number of carbonyl (C=O) groups is 1. The third-order valence-corrected chi connectivity index (χ3v) is 3.69. The molecule has 0 spiro atoms. The van der Waals surface area contributed by atoms with Gasteiger partial charge in [-0.25, -0.2) is 9.18 Å². The Bertz CT molecular complexity index is 988. The van der Waals surface area contributed by atoms with E-state index >= 15 is 0 Å². The highest BCUT2D eigenvalue weighted by Gasteiger charge is 2.12. The van der Waals surface area contributed by atoms with Gasteiger partial charge in [-0.3, -0.25) is 4.79 Å². The van der Waals surface area contributed by atoms with E-state index in [9.17, 15) is 14.0 Å². The van der Waals surface area contributed by atoms with Gasteiger partial charge in [-0.05, 0) is 43.7 Å². The van der Waals surface area contributed by atoms with E-state index in [0.29, 0.717) is 11.1 Å². The van der Waals surface area contributed by atoms with Crippen LogP contribution in [0.5, 0.6) is 5.75 Å². The summed E-state index contributed by atoms with van der Waals surface area (Å²) in [6.45, 7) is 3.31. The molecule has 0 unspecified atom stereocenters. The third kappa shape index (κ3) is 3.20. The standard InChI is InChI=1S/C19H15FO4/c1-11-3-5-15-13(8-19(22)24-18(15)7-11)10-23-17-6-4-14(20)9-16(17)12(2)21/h3-9H,10H2,1-2H3. The summed E-state index contributed by atoms with van der Waals surface area (Å²) in [5.74, 6) is -0.524. The number of aryl methyl sites for hydroxylation is 1. The molecule has 3 rings (SSSR count). The lowest BCUT2D eigenvalue weighted by Gasteiger charge is -2.11. The highest BCUT2D eigenvalue weighted by atomic mass is 19.1. The Hall–Kier alpha value is -2.95. The lowest BCUT2D eigenvalue weighted by molar-refractivity contribution is 0.101. The highest BCUT2D eigenvalue weighted by molar-refractivity contribution is 5.96. The van der Waals surface area contributed by atoms with Crippen LogP contribution in [0.4, 0.5) is 4.39 Å². The summed E-state index contributed by atoms with van der Waals surface area (Å²) >= 11 is 0. The predicted octanol–water partition coefficient (Wildman–Crippen LogP) is 4.02. The number of fused-ring (bicyclic) bond motifs is 1. The number of hydrogen-bond acceptors (Lipinski definition) is 4. The molecule has 0 saturated carbocycles. The van der Waals surface area contributed by atoms with Crippen molar-refractivity contribution in [2.75, 3.05) is 0 Å². The summed E-state index contributed by atoms with van der Waals surface area (Å²) in [5, 5.41) is 0.756. The molecule has 0 radical (unpaired) electrons. The molecule has 0 bridgehead atoms. The largest absolute Gasteiger partial charge is 0.488 e. The maximum Gasteiger partial charge on any atom is 0.336 e. The average molecular weight is 326 g/mol. The van der Waals surface area contributed by atoms with E-state index in [1.165, 1.54) is 25.1 Å². The molecule has 1 heterocycles. The minimum atomic E-state index is -0.506. The van der Waals surface area contributed by atoms with Crippen LogP contribution in [-0.4, -0.2) is 5.78 Å². The summed E-state index contributed by atoms with van der Waals surface area (Å²) in [6.07, 6.45) is 0. The molecule has 122 valence electrons. The Morgan fingerprint density at radius 2 is 1.96 bits per heavy atom. The topological polar surface area (TPSA) is 56.5 Å². The van der Waals surface area contributed by atoms with Crippen LogP contribution >= 0.6 is 0 Å². The van der Waals surface area contributed by atoms with Crippen LogP contribution in [0, 0.1) is 12.7 Å². The first-order valence-electron chi connectivity index (χ1n) is 7.41. The van der Waals surface area contributed by atoms with Gasteiger partial charge in [0.2, 0.25) is 0 Å². The molecule has 0 N–H and O–H groups in total.